The van der Waals surface area contributed by atoms with Gasteiger partial charge in [0.15, 0.2) is 5.58 Å². The quantitative estimate of drug-likeness (QED) is 0.437. The third-order valence-corrected chi connectivity index (χ3v) is 7.14. The first kappa shape index (κ1) is 26.2. The van der Waals surface area contributed by atoms with Gasteiger partial charge in [0.25, 0.3) is 5.91 Å². The van der Waals surface area contributed by atoms with Gasteiger partial charge in [-0.3, -0.25) is 19.7 Å². The predicted molar refractivity (Wildman–Crippen MR) is 136 cm³/mol. The minimum Gasteiger partial charge on any atom is -0.438 e. The Labute approximate surface area is 217 Å². The van der Waals surface area contributed by atoms with E-state index >= 15 is 0 Å². The molecule has 0 saturated carbocycles. The summed E-state index contributed by atoms with van der Waals surface area (Å²) < 4.78 is 51.5. The Balaban J connectivity index is 1.36. The molecule has 13 heteroatoms. The molecule has 2 aliphatic heterocycles. The van der Waals surface area contributed by atoms with Crippen molar-refractivity contribution in [1.29, 1.82) is 0 Å². The van der Waals surface area contributed by atoms with E-state index in [0.717, 1.165) is 25.1 Å². The summed E-state index contributed by atoms with van der Waals surface area (Å²) in [4.78, 5) is 25.6. The number of carbonyl (C=O) groups is 1. The largest absolute Gasteiger partial charge is 0.438 e. The Morgan fingerprint density at radius 3 is 2.84 bits per heavy atom. The zero-order valence-electron chi connectivity index (χ0n) is 20.9. The number of anilines is 3. The van der Waals surface area contributed by atoms with E-state index < -0.39 is 24.0 Å². The van der Waals surface area contributed by atoms with E-state index in [-0.39, 0.29) is 42.7 Å². The molecule has 2 fully saturated rings. The first-order valence-electron chi connectivity index (χ1n) is 12.4. The molecule has 10 nitrogen and oxygen atoms in total. The summed E-state index contributed by atoms with van der Waals surface area (Å²) >= 11 is 0. The van der Waals surface area contributed by atoms with Gasteiger partial charge < -0.3 is 30.8 Å². The van der Waals surface area contributed by atoms with Gasteiger partial charge in [-0.25, -0.2) is 0 Å². The summed E-state index contributed by atoms with van der Waals surface area (Å²) in [6.07, 6.45) is 1.15. The second kappa shape index (κ2) is 10.4. The molecule has 5 heterocycles. The number of carbonyl (C=O) groups excluding carboxylic acids is 1. The van der Waals surface area contributed by atoms with Crippen LogP contribution in [-0.4, -0.2) is 72.4 Å². The van der Waals surface area contributed by atoms with E-state index in [1.165, 1.54) is 17.3 Å². The molecule has 1 unspecified atom stereocenters. The highest BCUT2D eigenvalue weighted by Gasteiger charge is 2.44. The highest BCUT2D eigenvalue weighted by molar-refractivity contribution is 6.15. The molecular formula is C25H30F3N7O3. The van der Waals surface area contributed by atoms with Gasteiger partial charge in [-0.05, 0) is 30.5 Å². The van der Waals surface area contributed by atoms with Gasteiger partial charge in [0.1, 0.15) is 11.1 Å². The second-order valence-electron chi connectivity index (χ2n) is 9.90. The zero-order chi connectivity index (χ0) is 27.0. The highest BCUT2D eigenvalue weighted by atomic mass is 19.4. The lowest BCUT2D eigenvalue weighted by Gasteiger charge is -2.39. The molecule has 3 atom stereocenters. The van der Waals surface area contributed by atoms with Gasteiger partial charge in [0.2, 0.25) is 5.88 Å². The minimum atomic E-state index is -4.37. The predicted octanol–water partition coefficient (Wildman–Crippen LogP) is 2.99. The van der Waals surface area contributed by atoms with Crippen LogP contribution < -0.4 is 21.7 Å². The highest BCUT2D eigenvalue weighted by Crippen LogP contribution is 2.37. The van der Waals surface area contributed by atoms with Crippen molar-refractivity contribution in [3.8, 4) is 0 Å². The van der Waals surface area contributed by atoms with Crippen molar-refractivity contribution in [1.82, 2.24) is 14.9 Å². The Bertz CT molecular complexity index is 1320. The van der Waals surface area contributed by atoms with E-state index in [1.807, 2.05) is 0 Å². The minimum absolute atomic E-state index is 0.0467. The number of furan rings is 1. The van der Waals surface area contributed by atoms with Crippen LogP contribution in [0.5, 0.6) is 0 Å². The number of nitrogens with one attached hydrogen (secondary N) is 1. The van der Waals surface area contributed by atoms with Gasteiger partial charge >= 0.3 is 6.18 Å². The Morgan fingerprint density at radius 1 is 1.29 bits per heavy atom. The number of alkyl halides is 3. The number of likely N-dealkylation sites (tertiary alicyclic amines) is 1. The van der Waals surface area contributed by atoms with Gasteiger partial charge in [-0.1, -0.05) is 0 Å². The summed E-state index contributed by atoms with van der Waals surface area (Å²) in [5, 5.41) is 2.73. The number of hydrogen-bond acceptors (Lipinski definition) is 9. The molecule has 0 aromatic carbocycles. The van der Waals surface area contributed by atoms with Crippen molar-refractivity contribution >= 4 is 34.3 Å². The topological polar surface area (TPSA) is 136 Å². The normalized spacial score (nSPS) is 22.8. The van der Waals surface area contributed by atoms with Crippen molar-refractivity contribution in [2.45, 2.75) is 37.7 Å². The molecule has 0 radical (unpaired) electrons. The van der Waals surface area contributed by atoms with Gasteiger partial charge in [-0.15, -0.1) is 0 Å². The molecule has 38 heavy (non-hydrogen) atoms. The maximum absolute atomic E-state index is 13.5. The van der Waals surface area contributed by atoms with E-state index in [0.29, 0.717) is 23.3 Å². The molecule has 0 bridgehead atoms. The number of nitrogens with two attached hydrogens (primary N) is 2. The molecular weight excluding hydrogens is 503 g/mol. The van der Waals surface area contributed by atoms with Crippen LogP contribution in [0.2, 0.25) is 0 Å². The summed E-state index contributed by atoms with van der Waals surface area (Å²) in [6.45, 7) is 2.32. The third kappa shape index (κ3) is 5.40. The number of fused-ring (bicyclic) bond motifs is 1. The van der Waals surface area contributed by atoms with Crippen LogP contribution in [0.1, 0.15) is 28.8 Å². The maximum atomic E-state index is 13.5. The fourth-order valence-corrected chi connectivity index (χ4v) is 5.25. The van der Waals surface area contributed by atoms with E-state index in [1.54, 1.807) is 25.4 Å². The van der Waals surface area contributed by atoms with E-state index in [4.69, 9.17) is 20.6 Å². The first-order chi connectivity index (χ1) is 18.1. The average Bonchev–Trinajstić information content (AvgIpc) is 3.46. The maximum Gasteiger partial charge on any atom is 0.393 e. The lowest BCUT2D eigenvalue weighted by Crippen LogP contribution is -2.51. The summed E-state index contributed by atoms with van der Waals surface area (Å²) in [5.41, 5.74) is 14.2. The molecule has 3 aromatic heterocycles. The van der Waals surface area contributed by atoms with E-state index in [2.05, 4.69) is 20.2 Å². The molecule has 0 spiro atoms. The van der Waals surface area contributed by atoms with Crippen molar-refractivity contribution in [2.24, 2.45) is 11.7 Å². The Morgan fingerprint density at radius 2 is 2.11 bits per heavy atom. The third-order valence-electron chi connectivity index (χ3n) is 7.14. The molecule has 0 aliphatic carbocycles. The summed E-state index contributed by atoms with van der Waals surface area (Å²) in [5.74, 6) is -2.28. The molecule has 2 aliphatic rings. The SMILES string of the molecule is COC1CCN(Cc2cnc3c(C(=O)Nc4cnccc4N4C[C@H](N)C[C@H](C(F)(F)F)C4)c(N)oc3c2)C1. The van der Waals surface area contributed by atoms with Crippen LogP contribution in [0.15, 0.2) is 35.1 Å². The standard InChI is InChI=1S/C25H30F3N7O3/c1-37-17-3-5-34(13-17)10-14-6-20-22(32-8-14)21(23(30)38-20)24(36)33-18-9-31-4-2-19(18)35-11-15(25(26,27)28)7-16(29)12-35/h2,4,6,8-9,15-17H,3,5,7,10-13,29-30H2,1H3,(H,33,36)/t15-,16+,17?/m0/s1. The number of aromatic nitrogens is 2. The Kier molecular flexibility index (Phi) is 7.16. The monoisotopic (exact) mass is 533 g/mol. The van der Waals surface area contributed by atoms with Crippen molar-refractivity contribution in [3.05, 3.63) is 41.9 Å². The summed E-state index contributed by atoms with van der Waals surface area (Å²) in [6, 6.07) is 2.69. The van der Waals surface area contributed by atoms with Crippen LogP contribution in [0.4, 0.5) is 30.4 Å². The fraction of sp³-hybridized carbons (Fsp3) is 0.480. The number of ether oxygens (including phenoxy) is 1. The van der Waals surface area contributed by atoms with Crippen molar-refractivity contribution < 1.29 is 27.1 Å². The zero-order valence-corrected chi connectivity index (χ0v) is 20.9. The molecule has 2 saturated heterocycles. The number of piperidine rings is 1. The number of methoxy groups -OCH3 is 1. The molecule has 204 valence electrons. The lowest BCUT2D eigenvalue weighted by atomic mass is 9.93. The summed E-state index contributed by atoms with van der Waals surface area (Å²) in [7, 11) is 1.70. The van der Waals surface area contributed by atoms with Gasteiger partial charge in [-0.2, -0.15) is 13.2 Å². The number of amides is 1. The number of rotatable bonds is 6. The number of nitrogens with zero attached hydrogens (tertiary/aromatic N) is 4. The first-order valence-corrected chi connectivity index (χ1v) is 12.4. The van der Waals surface area contributed by atoms with Gasteiger partial charge in [0.05, 0.1) is 29.6 Å². The van der Waals surface area contributed by atoms with Gasteiger partial charge in [0, 0.05) is 58.3 Å². The average molecular weight is 534 g/mol. The lowest BCUT2D eigenvalue weighted by molar-refractivity contribution is -0.177. The molecule has 3 aromatic rings. The fourth-order valence-electron chi connectivity index (χ4n) is 5.25. The molecule has 5 rings (SSSR count). The molecule has 1 amide bonds. The van der Waals surface area contributed by atoms with Crippen LogP contribution in [0.25, 0.3) is 11.1 Å². The van der Waals surface area contributed by atoms with Crippen LogP contribution >= 0.6 is 0 Å². The number of halogens is 3. The smallest absolute Gasteiger partial charge is 0.393 e. The van der Waals surface area contributed by atoms with E-state index in [9.17, 15) is 18.0 Å². The number of pyridine rings is 2. The van der Waals surface area contributed by atoms with Crippen molar-refractivity contribution in [2.75, 3.05) is 49.2 Å². The van der Waals surface area contributed by atoms with Crippen LogP contribution in [0.3, 0.4) is 0 Å². The van der Waals surface area contributed by atoms with Crippen molar-refractivity contribution in [3.63, 3.8) is 0 Å². The number of hydrogen-bond donors (Lipinski definition) is 3. The second-order valence-corrected chi connectivity index (χ2v) is 9.90. The number of nitrogen functional groups attached to an aromatic ring is 1. The molecule has 5 N–H and O–H groups in total. The van der Waals surface area contributed by atoms with Crippen LogP contribution in [-0.2, 0) is 11.3 Å². The van der Waals surface area contributed by atoms with Crippen LogP contribution in [0, 0.1) is 5.92 Å². The Hall–Kier alpha value is -3.42.